The van der Waals surface area contributed by atoms with E-state index >= 15 is 0 Å². The number of ketones is 1. The molecule has 116 valence electrons. The van der Waals surface area contributed by atoms with Gasteiger partial charge in [-0.2, -0.15) is 5.26 Å². The number of carbonyl (C=O) groups is 2. The second-order valence-corrected chi connectivity index (χ2v) is 5.50. The van der Waals surface area contributed by atoms with Crippen molar-refractivity contribution in [2.24, 2.45) is 5.92 Å². The molecule has 1 amide bonds. The van der Waals surface area contributed by atoms with Crippen molar-refractivity contribution in [3.8, 4) is 28.1 Å². The molecule has 0 saturated heterocycles. The van der Waals surface area contributed by atoms with E-state index in [1.54, 1.807) is 24.3 Å². The fourth-order valence-corrected chi connectivity index (χ4v) is 2.88. The molecule has 0 spiro atoms. The quantitative estimate of drug-likeness (QED) is 0.675. The summed E-state index contributed by atoms with van der Waals surface area (Å²) in [7, 11) is 1.37. The van der Waals surface area contributed by atoms with Crippen LogP contribution in [0.5, 0.6) is 11.5 Å². The van der Waals surface area contributed by atoms with Crippen LogP contribution in [-0.4, -0.2) is 30.5 Å². The molecule has 0 aliphatic carbocycles. The average molecular weight is 329 g/mol. The molecule has 3 rings (SSSR count). The van der Waals surface area contributed by atoms with Gasteiger partial charge in [-0.15, -0.1) is 11.3 Å². The Morgan fingerprint density at radius 3 is 2.91 bits per heavy atom. The lowest BCUT2D eigenvalue weighted by Crippen LogP contribution is -2.32. The van der Waals surface area contributed by atoms with E-state index in [1.165, 1.54) is 23.8 Å². The van der Waals surface area contributed by atoms with E-state index in [0.717, 1.165) is 5.56 Å². The molecule has 0 bridgehead atoms. The third-order valence-corrected chi connectivity index (χ3v) is 4.17. The highest BCUT2D eigenvalue weighted by Gasteiger charge is 2.28. The van der Waals surface area contributed by atoms with Gasteiger partial charge in [-0.1, -0.05) is 0 Å². The van der Waals surface area contributed by atoms with Crippen LogP contribution >= 0.6 is 11.3 Å². The molecule has 1 aromatic carbocycles. The number of hydrogen-bond acceptors (Lipinski definition) is 7. The van der Waals surface area contributed by atoms with Crippen LogP contribution in [0.1, 0.15) is 10.5 Å². The Bertz CT molecular complexity index is 824. The Morgan fingerprint density at radius 2 is 2.17 bits per heavy atom. The first kappa shape index (κ1) is 15.0. The van der Waals surface area contributed by atoms with Crippen LogP contribution in [0.2, 0.25) is 0 Å². The number of benzene rings is 1. The fourth-order valence-electron chi connectivity index (χ4n) is 2.08. The molecule has 1 N–H and O–H groups in total. The van der Waals surface area contributed by atoms with Gasteiger partial charge in [0, 0.05) is 18.0 Å². The minimum absolute atomic E-state index is 0.0952. The van der Waals surface area contributed by atoms with Gasteiger partial charge in [0.2, 0.25) is 18.5 Å². The third kappa shape index (κ3) is 2.74. The summed E-state index contributed by atoms with van der Waals surface area (Å²) in [6.07, 6.45) is 0. The largest absolute Gasteiger partial charge is 0.454 e. The number of nitriles is 1. The van der Waals surface area contributed by atoms with Gasteiger partial charge in [0.1, 0.15) is 10.7 Å². The highest BCUT2D eigenvalue weighted by molar-refractivity contribution is 7.13. The summed E-state index contributed by atoms with van der Waals surface area (Å²) < 4.78 is 10.6. The lowest BCUT2D eigenvalue weighted by molar-refractivity contribution is -0.121. The van der Waals surface area contributed by atoms with Crippen LogP contribution in [-0.2, 0) is 4.79 Å². The zero-order chi connectivity index (χ0) is 16.4. The van der Waals surface area contributed by atoms with E-state index in [-0.39, 0.29) is 12.5 Å². The van der Waals surface area contributed by atoms with Crippen molar-refractivity contribution in [3.05, 3.63) is 29.3 Å². The molecular formula is C15H11N3O4S. The highest BCUT2D eigenvalue weighted by atomic mass is 32.1. The number of rotatable bonds is 4. The molecule has 1 aliphatic rings. The van der Waals surface area contributed by atoms with E-state index in [2.05, 4.69) is 10.3 Å². The Morgan fingerprint density at radius 1 is 1.39 bits per heavy atom. The van der Waals surface area contributed by atoms with Crippen LogP contribution in [0.4, 0.5) is 0 Å². The number of amides is 1. The molecule has 8 heteroatoms. The van der Waals surface area contributed by atoms with Crippen molar-refractivity contribution >= 4 is 23.0 Å². The third-order valence-electron chi connectivity index (χ3n) is 3.28. The van der Waals surface area contributed by atoms with Gasteiger partial charge >= 0.3 is 0 Å². The van der Waals surface area contributed by atoms with Gasteiger partial charge in [-0.25, -0.2) is 4.98 Å². The lowest BCUT2D eigenvalue weighted by Gasteiger charge is -2.04. The van der Waals surface area contributed by atoms with Crippen LogP contribution in [0.15, 0.2) is 23.6 Å². The van der Waals surface area contributed by atoms with Crippen molar-refractivity contribution in [2.75, 3.05) is 13.8 Å². The maximum absolute atomic E-state index is 12.2. The van der Waals surface area contributed by atoms with Gasteiger partial charge in [-0.05, 0) is 18.2 Å². The minimum atomic E-state index is -1.40. The molecule has 1 aromatic heterocycles. The van der Waals surface area contributed by atoms with Crippen LogP contribution in [0, 0.1) is 17.2 Å². The van der Waals surface area contributed by atoms with Gasteiger partial charge < -0.3 is 14.8 Å². The number of fused-ring (bicyclic) bond motifs is 1. The zero-order valence-electron chi connectivity index (χ0n) is 12.0. The number of ether oxygens (including phenoxy) is 2. The number of carbonyl (C=O) groups excluding carboxylic acids is 2. The van der Waals surface area contributed by atoms with Gasteiger partial charge in [0.25, 0.3) is 0 Å². The first-order valence-electron chi connectivity index (χ1n) is 6.65. The van der Waals surface area contributed by atoms with Crippen molar-refractivity contribution in [2.45, 2.75) is 0 Å². The number of Topliss-reactive ketones (excluding diaryl/α,β-unsaturated/α-hetero) is 1. The number of hydrogen-bond donors (Lipinski definition) is 1. The highest BCUT2D eigenvalue weighted by Crippen LogP contribution is 2.36. The maximum atomic E-state index is 12.2. The summed E-state index contributed by atoms with van der Waals surface area (Å²) >= 11 is 1.25. The van der Waals surface area contributed by atoms with Crippen LogP contribution < -0.4 is 14.8 Å². The molecule has 2 aromatic rings. The molecule has 1 atom stereocenters. The number of nitrogens with zero attached hydrogens (tertiary/aromatic N) is 2. The van der Waals surface area contributed by atoms with Crippen LogP contribution in [0.25, 0.3) is 10.6 Å². The molecular weight excluding hydrogens is 318 g/mol. The number of aromatic nitrogens is 1. The SMILES string of the molecule is CNC(=O)[C@H](C#N)C(=O)c1csc(-c2ccc3c(c2)OCO3)n1. The van der Waals surface area contributed by atoms with E-state index in [1.807, 2.05) is 0 Å². The Kier molecular flexibility index (Phi) is 3.95. The van der Waals surface area contributed by atoms with E-state index in [0.29, 0.717) is 16.5 Å². The van der Waals surface area contributed by atoms with Crippen LogP contribution in [0.3, 0.4) is 0 Å². The predicted molar refractivity (Wildman–Crippen MR) is 81.2 cm³/mol. The Balaban J connectivity index is 1.87. The zero-order valence-corrected chi connectivity index (χ0v) is 12.8. The lowest BCUT2D eigenvalue weighted by atomic mass is 10.0. The minimum Gasteiger partial charge on any atom is -0.454 e. The summed E-state index contributed by atoms with van der Waals surface area (Å²) in [6.45, 7) is 0.177. The summed E-state index contributed by atoms with van der Waals surface area (Å²) in [4.78, 5) is 28.0. The van der Waals surface area contributed by atoms with Gasteiger partial charge in [0.15, 0.2) is 17.4 Å². The Labute approximate surface area is 135 Å². The topological polar surface area (TPSA) is 101 Å². The molecule has 7 nitrogen and oxygen atoms in total. The number of nitrogens with one attached hydrogen (secondary N) is 1. The summed E-state index contributed by atoms with van der Waals surface area (Å²) in [6, 6.07) is 7.05. The Hall–Kier alpha value is -2.92. The first-order chi connectivity index (χ1) is 11.1. The second-order valence-electron chi connectivity index (χ2n) is 4.65. The van der Waals surface area contributed by atoms with Gasteiger partial charge in [-0.3, -0.25) is 9.59 Å². The summed E-state index contributed by atoms with van der Waals surface area (Å²) in [5.74, 6) is -1.38. The van der Waals surface area contributed by atoms with E-state index in [4.69, 9.17) is 14.7 Å². The van der Waals surface area contributed by atoms with Crippen molar-refractivity contribution in [1.29, 1.82) is 5.26 Å². The maximum Gasteiger partial charge on any atom is 0.245 e. The van der Waals surface area contributed by atoms with Crippen molar-refractivity contribution in [1.82, 2.24) is 10.3 Å². The molecule has 0 unspecified atom stereocenters. The molecule has 23 heavy (non-hydrogen) atoms. The molecule has 0 fully saturated rings. The monoisotopic (exact) mass is 329 g/mol. The second kappa shape index (κ2) is 6.06. The summed E-state index contributed by atoms with van der Waals surface area (Å²) in [5, 5.41) is 13.4. The molecule has 1 aliphatic heterocycles. The standard InChI is InChI=1S/C15H11N3O4S/c1-17-14(20)9(5-16)13(19)10-6-23-15(18-10)8-2-3-11-12(4-8)22-7-21-11/h2-4,6,9H,7H2,1H3,(H,17,20)/t9-/m1/s1. The molecule has 0 radical (unpaired) electrons. The normalized spacial score (nSPS) is 13.2. The fraction of sp³-hybridized carbons (Fsp3) is 0.200. The average Bonchev–Trinajstić information content (AvgIpc) is 3.23. The number of thiazole rings is 1. The molecule has 2 heterocycles. The summed E-state index contributed by atoms with van der Waals surface area (Å²) in [5.41, 5.74) is 0.865. The smallest absolute Gasteiger partial charge is 0.245 e. The van der Waals surface area contributed by atoms with Crippen molar-refractivity contribution < 1.29 is 19.1 Å². The van der Waals surface area contributed by atoms with E-state index in [9.17, 15) is 9.59 Å². The molecule has 0 saturated carbocycles. The van der Waals surface area contributed by atoms with Gasteiger partial charge in [0.05, 0.1) is 6.07 Å². The van der Waals surface area contributed by atoms with Crippen molar-refractivity contribution in [3.63, 3.8) is 0 Å². The predicted octanol–water partition coefficient (Wildman–Crippen LogP) is 1.61. The van der Waals surface area contributed by atoms with E-state index < -0.39 is 17.6 Å². The first-order valence-corrected chi connectivity index (χ1v) is 7.53.